The van der Waals surface area contributed by atoms with Gasteiger partial charge in [0.05, 0.1) is 6.61 Å². The van der Waals surface area contributed by atoms with Gasteiger partial charge in [-0.05, 0) is 12.5 Å². The summed E-state index contributed by atoms with van der Waals surface area (Å²) in [4.78, 5) is 19.7. The minimum absolute atomic E-state index is 0.426. The van der Waals surface area contributed by atoms with Crippen LogP contribution in [0.25, 0.3) is 0 Å². The van der Waals surface area contributed by atoms with Gasteiger partial charge >= 0.3 is 5.97 Å². The van der Waals surface area contributed by atoms with Gasteiger partial charge in [-0.25, -0.2) is 4.79 Å². The number of amides is 1. The minimum atomic E-state index is -0.538. The molecule has 0 bridgehead atoms. The predicted octanol–water partition coefficient (Wildman–Crippen LogP) is -0.0203. The van der Waals surface area contributed by atoms with Crippen molar-refractivity contribution in [2.24, 2.45) is 5.73 Å². The first kappa shape index (κ1) is 15.1. The first-order valence-electron chi connectivity index (χ1n) is 4.26. The fourth-order valence-corrected chi connectivity index (χ4v) is 0.376. The summed E-state index contributed by atoms with van der Waals surface area (Å²) in [5.74, 6) is -1.02. The number of aliphatic hydroxyl groups excluding tert-OH is 1. The van der Waals surface area contributed by atoms with Crippen LogP contribution >= 0.6 is 0 Å². The summed E-state index contributed by atoms with van der Waals surface area (Å²) >= 11 is 0. The molecule has 0 aliphatic rings. The summed E-state index contributed by atoms with van der Waals surface area (Å²) in [5, 5.41) is 8.16. The zero-order chi connectivity index (χ0) is 11.4. The third-order valence-corrected chi connectivity index (χ3v) is 1.09. The van der Waals surface area contributed by atoms with Crippen LogP contribution in [0.3, 0.4) is 0 Å². The smallest absolute Gasteiger partial charge is 0.331 e. The quantitative estimate of drug-likeness (QED) is 0.373. The molecule has 5 heteroatoms. The highest BCUT2D eigenvalue weighted by Crippen LogP contribution is 1.87. The number of rotatable bonds is 5. The number of carbonyl (C=O) groups excluding carboxylic acids is 2. The molecular formula is C9H17NO4. The third kappa shape index (κ3) is 16.9. The van der Waals surface area contributed by atoms with Crippen molar-refractivity contribution in [2.45, 2.75) is 19.8 Å². The van der Waals surface area contributed by atoms with Gasteiger partial charge in [0.1, 0.15) is 6.61 Å². The molecule has 0 unspecified atom stereocenters. The molecular weight excluding hydrogens is 186 g/mol. The second-order valence-electron chi connectivity index (χ2n) is 2.34. The molecule has 1 amide bonds. The number of primary amides is 1. The minimum Gasteiger partial charge on any atom is -0.464 e. The van der Waals surface area contributed by atoms with Crippen molar-refractivity contribution >= 4 is 11.9 Å². The van der Waals surface area contributed by atoms with E-state index in [1.165, 1.54) is 0 Å². The summed E-state index contributed by atoms with van der Waals surface area (Å²) in [6.45, 7) is 5.01. The molecule has 0 aromatic carbocycles. The maximum atomic E-state index is 10.2. The normalized spacial score (nSPS) is 8.14. The molecule has 0 saturated carbocycles. The van der Waals surface area contributed by atoms with E-state index in [1.807, 2.05) is 6.92 Å². The molecule has 0 aliphatic heterocycles. The lowest BCUT2D eigenvalue weighted by atomic mass is 10.4. The van der Waals surface area contributed by atoms with Crippen LogP contribution in [0.4, 0.5) is 0 Å². The van der Waals surface area contributed by atoms with Crippen LogP contribution in [-0.4, -0.2) is 30.2 Å². The SMILES string of the molecule is C=CC(N)=O.CCCCOC(=O)CO. The monoisotopic (exact) mass is 203 g/mol. The van der Waals surface area contributed by atoms with E-state index in [1.54, 1.807) is 0 Å². The fraction of sp³-hybridized carbons (Fsp3) is 0.556. The van der Waals surface area contributed by atoms with E-state index >= 15 is 0 Å². The van der Waals surface area contributed by atoms with Crippen LogP contribution in [0, 0.1) is 0 Å². The summed E-state index contributed by atoms with van der Waals surface area (Å²) in [6, 6.07) is 0. The number of nitrogens with two attached hydrogens (primary N) is 1. The van der Waals surface area contributed by atoms with Crippen molar-refractivity contribution < 1.29 is 19.4 Å². The zero-order valence-corrected chi connectivity index (χ0v) is 8.36. The molecule has 0 aromatic heterocycles. The van der Waals surface area contributed by atoms with Crippen molar-refractivity contribution in [2.75, 3.05) is 13.2 Å². The second kappa shape index (κ2) is 11.6. The zero-order valence-electron chi connectivity index (χ0n) is 8.36. The van der Waals surface area contributed by atoms with E-state index < -0.39 is 18.5 Å². The highest BCUT2D eigenvalue weighted by Gasteiger charge is 1.95. The maximum Gasteiger partial charge on any atom is 0.331 e. The van der Waals surface area contributed by atoms with Gasteiger partial charge in [0, 0.05) is 0 Å². The Labute approximate surface area is 83.5 Å². The van der Waals surface area contributed by atoms with Gasteiger partial charge in [-0.3, -0.25) is 4.79 Å². The Bertz CT molecular complexity index is 180. The van der Waals surface area contributed by atoms with E-state index in [2.05, 4.69) is 17.0 Å². The summed E-state index contributed by atoms with van der Waals surface area (Å²) in [5.41, 5.74) is 4.53. The van der Waals surface area contributed by atoms with E-state index in [4.69, 9.17) is 5.11 Å². The third-order valence-electron chi connectivity index (χ3n) is 1.09. The van der Waals surface area contributed by atoms with Crippen LogP contribution < -0.4 is 5.73 Å². The Balaban J connectivity index is 0. The first-order chi connectivity index (χ1) is 6.58. The standard InChI is InChI=1S/C6H12O3.C3H5NO/c1-2-3-4-9-6(8)5-7;1-2-3(4)5/h7H,2-5H2,1H3;2H,1H2,(H2,4,5). The molecule has 0 aliphatic carbocycles. The highest BCUT2D eigenvalue weighted by atomic mass is 16.5. The summed E-state index contributed by atoms with van der Waals surface area (Å²) in [7, 11) is 0. The largest absolute Gasteiger partial charge is 0.464 e. The highest BCUT2D eigenvalue weighted by molar-refractivity contribution is 5.84. The molecule has 0 rings (SSSR count). The lowest BCUT2D eigenvalue weighted by Crippen LogP contribution is -2.09. The number of aliphatic hydroxyl groups is 1. The molecule has 0 fully saturated rings. The summed E-state index contributed by atoms with van der Waals surface area (Å²) in [6.07, 6.45) is 2.92. The van der Waals surface area contributed by atoms with Gasteiger partial charge in [0.2, 0.25) is 5.91 Å². The van der Waals surface area contributed by atoms with Gasteiger partial charge < -0.3 is 15.6 Å². The van der Waals surface area contributed by atoms with Gasteiger partial charge in [0.25, 0.3) is 0 Å². The molecule has 0 aromatic rings. The van der Waals surface area contributed by atoms with E-state index in [9.17, 15) is 9.59 Å². The molecule has 0 spiro atoms. The summed E-state index contributed by atoms with van der Waals surface area (Å²) < 4.78 is 4.54. The van der Waals surface area contributed by atoms with Crippen LogP contribution in [0.15, 0.2) is 12.7 Å². The number of carbonyl (C=O) groups is 2. The van der Waals surface area contributed by atoms with Crippen molar-refractivity contribution in [1.29, 1.82) is 0 Å². The van der Waals surface area contributed by atoms with E-state index in [0.29, 0.717) is 6.61 Å². The Morgan fingerprint density at radius 2 is 2.07 bits per heavy atom. The number of ether oxygens (including phenoxy) is 1. The Hall–Kier alpha value is -1.36. The van der Waals surface area contributed by atoms with E-state index in [0.717, 1.165) is 18.9 Å². The van der Waals surface area contributed by atoms with Crippen LogP contribution in [0.5, 0.6) is 0 Å². The number of hydrogen-bond donors (Lipinski definition) is 2. The number of hydrogen-bond acceptors (Lipinski definition) is 4. The van der Waals surface area contributed by atoms with Gasteiger partial charge in [-0.1, -0.05) is 19.9 Å². The van der Waals surface area contributed by atoms with Gasteiger partial charge in [-0.15, -0.1) is 0 Å². The van der Waals surface area contributed by atoms with Gasteiger partial charge in [0.15, 0.2) is 0 Å². The first-order valence-corrected chi connectivity index (χ1v) is 4.26. The molecule has 5 nitrogen and oxygen atoms in total. The molecule has 82 valence electrons. The second-order valence-corrected chi connectivity index (χ2v) is 2.34. The Kier molecular flexibility index (Phi) is 12.6. The van der Waals surface area contributed by atoms with Crippen molar-refractivity contribution in [3.8, 4) is 0 Å². The average Bonchev–Trinajstić information content (AvgIpc) is 2.19. The topological polar surface area (TPSA) is 89.6 Å². The number of unbranched alkanes of at least 4 members (excludes halogenated alkanes) is 1. The molecule has 0 radical (unpaired) electrons. The molecule has 0 atom stereocenters. The van der Waals surface area contributed by atoms with Crippen molar-refractivity contribution in [3.63, 3.8) is 0 Å². The number of esters is 1. The molecule has 14 heavy (non-hydrogen) atoms. The molecule has 0 heterocycles. The lowest BCUT2D eigenvalue weighted by Gasteiger charge is -1.98. The van der Waals surface area contributed by atoms with Crippen LogP contribution in [-0.2, 0) is 14.3 Å². The van der Waals surface area contributed by atoms with Crippen LogP contribution in [0.2, 0.25) is 0 Å². The van der Waals surface area contributed by atoms with Crippen molar-refractivity contribution in [1.82, 2.24) is 0 Å². The molecule has 0 saturated heterocycles. The van der Waals surface area contributed by atoms with Gasteiger partial charge in [-0.2, -0.15) is 0 Å². The van der Waals surface area contributed by atoms with Crippen molar-refractivity contribution in [3.05, 3.63) is 12.7 Å². The maximum absolute atomic E-state index is 10.2. The predicted molar refractivity (Wildman–Crippen MR) is 52.3 cm³/mol. The molecule has 3 N–H and O–H groups in total. The van der Waals surface area contributed by atoms with E-state index in [-0.39, 0.29) is 0 Å². The average molecular weight is 203 g/mol. The fourth-order valence-electron chi connectivity index (χ4n) is 0.376. The Morgan fingerprint density at radius 1 is 1.57 bits per heavy atom. The Morgan fingerprint density at radius 3 is 2.36 bits per heavy atom. The lowest BCUT2D eigenvalue weighted by molar-refractivity contribution is -0.146. The van der Waals surface area contributed by atoms with Crippen LogP contribution in [0.1, 0.15) is 19.8 Å².